The number of hydrogen-bond donors (Lipinski definition) is 3. The molecule has 0 bridgehead atoms. The summed E-state index contributed by atoms with van der Waals surface area (Å²) in [4.78, 5) is 33.5. The molecule has 0 aliphatic heterocycles. The molecule has 0 aliphatic rings. The number of aliphatic carboxylic acids is 1. The van der Waals surface area contributed by atoms with Crippen LogP contribution in [0.4, 0.5) is 5.69 Å². The summed E-state index contributed by atoms with van der Waals surface area (Å²) in [5.74, 6) is -2.28. The smallest absolute Gasteiger partial charge is 0.325 e. The molecule has 0 saturated heterocycles. The highest BCUT2D eigenvalue weighted by Crippen LogP contribution is 2.11. The van der Waals surface area contributed by atoms with Gasteiger partial charge in [0.25, 0.3) is 5.91 Å². The Morgan fingerprint density at radius 2 is 2.10 bits per heavy atom. The van der Waals surface area contributed by atoms with Crippen molar-refractivity contribution in [2.24, 2.45) is 5.73 Å². The van der Waals surface area contributed by atoms with Crippen LogP contribution in [0.5, 0.6) is 0 Å². The molecule has 0 saturated carbocycles. The average Bonchev–Trinajstić information content (AvgIpc) is 2.86. The number of primary amides is 1. The third kappa shape index (κ3) is 3.62. The highest BCUT2D eigenvalue weighted by Gasteiger charge is 2.13. The van der Waals surface area contributed by atoms with E-state index in [4.69, 9.17) is 10.8 Å². The van der Waals surface area contributed by atoms with Crippen molar-refractivity contribution in [3.8, 4) is 0 Å². The molecule has 0 radical (unpaired) electrons. The first-order valence-corrected chi connectivity index (χ1v) is 5.79. The Balaban J connectivity index is 2.10. The summed E-state index contributed by atoms with van der Waals surface area (Å²) in [7, 11) is 0. The van der Waals surface area contributed by atoms with Gasteiger partial charge in [0.1, 0.15) is 6.54 Å². The Hall–Kier alpha value is -3.23. The fourth-order valence-electron chi connectivity index (χ4n) is 1.56. The van der Waals surface area contributed by atoms with Crippen LogP contribution in [0.25, 0.3) is 0 Å². The number of carboxylic acid groups (broad SMARTS) is 1. The summed E-state index contributed by atoms with van der Waals surface area (Å²) in [5.41, 5.74) is 5.72. The molecule has 0 unspecified atom stereocenters. The van der Waals surface area contributed by atoms with E-state index >= 15 is 0 Å². The van der Waals surface area contributed by atoms with E-state index in [2.05, 4.69) is 15.6 Å². The molecule has 9 heteroatoms. The molecule has 0 atom stereocenters. The van der Waals surface area contributed by atoms with Crippen LogP contribution in [0.15, 0.2) is 30.5 Å². The second kappa shape index (κ2) is 5.82. The highest BCUT2D eigenvalue weighted by molar-refractivity contribution is 6.03. The maximum Gasteiger partial charge on any atom is 0.325 e. The van der Waals surface area contributed by atoms with E-state index in [0.29, 0.717) is 5.69 Å². The molecule has 2 amide bonds. The molecule has 0 fully saturated rings. The maximum absolute atomic E-state index is 11.9. The van der Waals surface area contributed by atoms with E-state index in [-0.39, 0.29) is 11.3 Å². The van der Waals surface area contributed by atoms with E-state index in [1.165, 1.54) is 18.3 Å². The van der Waals surface area contributed by atoms with Crippen molar-refractivity contribution in [3.05, 3.63) is 41.7 Å². The van der Waals surface area contributed by atoms with Gasteiger partial charge in [-0.25, -0.2) is 4.68 Å². The Labute approximate surface area is 118 Å². The SMILES string of the molecule is NC(=O)c1cccc(NC(=O)c2cn(CC(=O)O)nn2)c1. The highest BCUT2D eigenvalue weighted by atomic mass is 16.4. The molecule has 1 aromatic carbocycles. The van der Waals surface area contributed by atoms with Gasteiger partial charge in [0.05, 0.1) is 6.20 Å². The number of carbonyl (C=O) groups excluding carboxylic acids is 2. The van der Waals surface area contributed by atoms with Gasteiger partial charge in [0.15, 0.2) is 5.69 Å². The molecule has 21 heavy (non-hydrogen) atoms. The molecule has 2 rings (SSSR count). The summed E-state index contributed by atoms with van der Waals surface area (Å²) in [6, 6.07) is 6.08. The summed E-state index contributed by atoms with van der Waals surface area (Å²) < 4.78 is 1.02. The van der Waals surface area contributed by atoms with E-state index in [1.807, 2.05) is 0 Å². The lowest BCUT2D eigenvalue weighted by Crippen LogP contribution is -2.15. The molecular formula is C12H11N5O4. The lowest BCUT2D eigenvalue weighted by atomic mass is 10.2. The van der Waals surface area contributed by atoms with Gasteiger partial charge in [-0.05, 0) is 18.2 Å². The molecule has 9 nitrogen and oxygen atoms in total. The van der Waals surface area contributed by atoms with E-state index < -0.39 is 24.3 Å². The number of nitrogens with two attached hydrogens (primary N) is 1. The minimum Gasteiger partial charge on any atom is -0.480 e. The number of benzene rings is 1. The van der Waals surface area contributed by atoms with Crippen LogP contribution in [0.2, 0.25) is 0 Å². The number of hydrogen-bond acceptors (Lipinski definition) is 5. The van der Waals surface area contributed by atoms with Crippen LogP contribution in [0.1, 0.15) is 20.8 Å². The van der Waals surface area contributed by atoms with Gasteiger partial charge in [-0.2, -0.15) is 0 Å². The van der Waals surface area contributed by atoms with Crippen molar-refractivity contribution in [2.75, 3.05) is 5.32 Å². The zero-order valence-corrected chi connectivity index (χ0v) is 10.7. The first-order valence-electron chi connectivity index (χ1n) is 5.79. The predicted octanol–water partition coefficient (Wildman–Crippen LogP) is -0.286. The molecule has 1 heterocycles. The normalized spacial score (nSPS) is 10.1. The molecule has 1 aromatic heterocycles. The maximum atomic E-state index is 11.9. The van der Waals surface area contributed by atoms with Gasteiger partial charge >= 0.3 is 5.97 Å². The van der Waals surface area contributed by atoms with Gasteiger partial charge in [-0.3, -0.25) is 14.4 Å². The summed E-state index contributed by atoms with van der Waals surface area (Å²) >= 11 is 0. The number of carbonyl (C=O) groups is 3. The van der Waals surface area contributed by atoms with Crippen LogP contribution in [-0.4, -0.2) is 37.9 Å². The Morgan fingerprint density at radius 3 is 2.76 bits per heavy atom. The Bertz CT molecular complexity index is 709. The topological polar surface area (TPSA) is 140 Å². The van der Waals surface area contributed by atoms with E-state index in [0.717, 1.165) is 4.68 Å². The second-order valence-electron chi connectivity index (χ2n) is 4.09. The van der Waals surface area contributed by atoms with Crippen LogP contribution in [-0.2, 0) is 11.3 Å². The minimum absolute atomic E-state index is 0.0410. The van der Waals surface area contributed by atoms with Crippen LogP contribution in [0, 0.1) is 0 Å². The van der Waals surface area contributed by atoms with Gasteiger partial charge < -0.3 is 16.2 Å². The quantitative estimate of drug-likeness (QED) is 0.691. The van der Waals surface area contributed by atoms with Crippen molar-refractivity contribution >= 4 is 23.5 Å². The number of anilines is 1. The van der Waals surface area contributed by atoms with Crippen molar-refractivity contribution < 1.29 is 19.5 Å². The summed E-state index contributed by atoms with van der Waals surface area (Å²) in [6.45, 7) is -0.391. The molecule has 0 aliphatic carbocycles. The minimum atomic E-state index is -1.10. The first kappa shape index (κ1) is 14.2. The van der Waals surface area contributed by atoms with Gasteiger partial charge in [0.2, 0.25) is 5.91 Å². The third-order valence-electron chi connectivity index (χ3n) is 2.47. The lowest BCUT2D eigenvalue weighted by Gasteiger charge is -2.03. The fourth-order valence-corrected chi connectivity index (χ4v) is 1.56. The number of rotatable bonds is 5. The van der Waals surface area contributed by atoms with Crippen molar-refractivity contribution in [1.82, 2.24) is 15.0 Å². The first-order chi connectivity index (χ1) is 9.95. The van der Waals surface area contributed by atoms with Crippen LogP contribution >= 0.6 is 0 Å². The standard InChI is InChI=1S/C12H11N5O4/c13-11(20)7-2-1-3-8(4-7)14-12(21)9-5-17(16-15-9)6-10(18)19/h1-5H,6H2,(H2,13,20)(H,14,21)(H,18,19). The van der Waals surface area contributed by atoms with E-state index in [9.17, 15) is 14.4 Å². The summed E-state index contributed by atoms with van der Waals surface area (Å²) in [6.07, 6.45) is 1.21. The van der Waals surface area contributed by atoms with Crippen LogP contribution in [0.3, 0.4) is 0 Å². The summed E-state index contributed by atoms with van der Waals surface area (Å²) in [5, 5.41) is 18.2. The molecule has 0 spiro atoms. The lowest BCUT2D eigenvalue weighted by molar-refractivity contribution is -0.137. The largest absolute Gasteiger partial charge is 0.480 e. The predicted molar refractivity (Wildman–Crippen MR) is 70.6 cm³/mol. The van der Waals surface area contributed by atoms with Crippen LogP contribution < -0.4 is 11.1 Å². The number of carboxylic acids is 1. The Morgan fingerprint density at radius 1 is 1.33 bits per heavy atom. The third-order valence-corrected chi connectivity index (χ3v) is 2.47. The monoisotopic (exact) mass is 289 g/mol. The van der Waals surface area contributed by atoms with Gasteiger partial charge in [-0.15, -0.1) is 5.10 Å². The Kier molecular flexibility index (Phi) is 3.93. The van der Waals surface area contributed by atoms with Crippen molar-refractivity contribution in [3.63, 3.8) is 0 Å². The van der Waals surface area contributed by atoms with Gasteiger partial charge in [0, 0.05) is 11.3 Å². The number of nitrogens with zero attached hydrogens (tertiary/aromatic N) is 3. The number of aromatic nitrogens is 3. The molecule has 2 aromatic rings. The average molecular weight is 289 g/mol. The molecule has 108 valence electrons. The fraction of sp³-hybridized carbons (Fsp3) is 0.0833. The zero-order valence-electron chi connectivity index (χ0n) is 10.7. The molecular weight excluding hydrogens is 278 g/mol. The van der Waals surface area contributed by atoms with Crippen molar-refractivity contribution in [1.29, 1.82) is 0 Å². The molecule has 4 N–H and O–H groups in total. The number of amides is 2. The second-order valence-corrected chi connectivity index (χ2v) is 4.09. The zero-order chi connectivity index (χ0) is 15.4. The van der Waals surface area contributed by atoms with Crippen molar-refractivity contribution in [2.45, 2.75) is 6.54 Å². The van der Waals surface area contributed by atoms with Gasteiger partial charge in [-0.1, -0.05) is 11.3 Å². The number of nitrogens with one attached hydrogen (secondary N) is 1. The van der Waals surface area contributed by atoms with E-state index in [1.54, 1.807) is 12.1 Å².